The van der Waals surface area contributed by atoms with Crippen LogP contribution in [0.15, 0.2) is 18.6 Å². The quantitative estimate of drug-likeness (QED) is 0.824. The van der Waals surface area contributed by atoms with Crippen molar-refractivity contribution in [3.8, 4) is 0 Å². The van der Waals surface area contributed by atoms with Gasteiger partial charge in [-0.15, -0.1) is 0 Å². The molecule has 18 heavy (non-hydrogen) atoms. The first-order valence-corrected chi connectivity index (χ1v) is 6.09. The summed E-state index contributed by atoms with van der Waals surface area (Å²) in [5.74, 6) is 1.36. The first-order valence-electron chi connectivity index (χ1n) is 6.09. The Balaban J connectivity index is 2.13. The van der Waals surface area contributed by atoms with E-state index in [1.807, 2.05) is 6.20 Å². The van der Waals surface area contributed by atoms with E-state index in [0.717, 1.165) is 18.8 Å². The fourth-order valence-corrected chi connectivity index (χ4v) is 1.98. The van der Waals surface area contributed by atoms with Gasteiger partial charge in [0.1, 0.15) is 11.6 Å². The van der Waals surface area contributed by atoms with Crippen molar-refractivity contribution < 1.29 is 5.11 Å². The largest absolute Gasteiger partial charge is 0.388 e. The molecule has 6 heteroatoms. The number of aliphatic hydroxyl groups is 1. The van der Waals surface area contributed by atoms with Crippen LogP contribution in [0.1, 0.15) is 30.8 Å². The second-order valence-electron chi connectivity index (χ2n) is 4.37. The lowest BCUT2D eigenvalue weighted by molar-refractivity contribution is 0.175. The van der Waals surface area contributed by atoms with Crippen molar-refractivity contribution in [1.29, 1.82) is 0 Å². The number of nitrogen functional groups attached to an aromatic ring is 1. The van der Waals surface area contributed by atoms with Crippen LogP contribution in [0.4, 0.5) is 5.82 Å². The number of aliphatic hydroxyl groups excluding tert-OH is 1. The lowest BCUT2D eigenvalue weighted by Gasteiger charge is -2.11. The number of anilines is 1. The van der Waals surface area contributed by atoms with Crippen molar-refractivity contribution in [2.75, 3.05) is 5.73 Å². The molecule has 0 saturated heterocycles. The molecule has 0 saturated carbocycles. The zero-order valence-electron chi connectivity index (χ0n) is 10.7. The van der Waals surface area contributed by atoms with E-state index in [0.29, 0.717) is 17.8 Å². The minimum absolute atomic E-state index is 0.447. The van der Waals surface area contributed by atoms with Gasteiger partial charge in [-0.25, -0.2) is 4.98 Å². The first-order chi connectivity index (χ1) is 8.63. The van der Waals surface area contributed by atoms with E-state index in [1.54, 1.807) is 24.1 Å². The Labute approximate surface area is 106 Å². The number of nitrogens with two attached hydrogens (primary N) is 1. The van der Waals surface area contributed by atoms with E-state index < -0.39 is 6.10 Å². The zero-order valence-corrected chi connectivity index (χ0v) is 10.7. The summed E-state index contributed by atoms with van der Waals surface area (Å²) in [5, 5.41) is 14.2. The van der Waals surface area contributed by atoms with Crippen LogP contribution < -0.4 is 5.73 Å². The van der Waals surface area contributed by atoms with Crippen LogP contribution in [0.3, 0.4) is 0 Å². The second kappa shape index (κ2) is 5.22. The van der Waals surface area contributed by atoms with Crippen LogP contribution in [0.25, 0.3) is 0 Å². The molecule has 0 aliphatic carbocycles. The summed E-state index contributed by atoms with van der Waals surface area (Å²) in [6.45, 7) is 3.02. The standard InChI is InChI=1S/C12H19N5O/c1-3-5-17-6-4-14-11(17)7-10(18)9-8-15-16(2)12(9)13/h4,6,8,10,18H,3,5,7,13H2,1-2H3. The molecule has 6 nitrogen and oxygen atoms in total. The van der Waals surface area contributed by atoms with E-state index in [4.69, 9.17) is 5.73 Å². The molecule has 2 rings (SSSR count). The molecule has 0 aliphatic heterocycles. The molecule has 98 valence electrons. The Kier molecular flexibility index (Phi) is 3.66. The van der Waals surface area contributed by atoms with Crippen LogP contribution in [0.5, 0.6) is 0 Å². The summed E-state index contributed by atoms with van der Waals surface area (Å²) >= 11 is 0. The van der Waals surface area contributed by atoms with E-state index in [1.165, 1.54) is 0 Å². The average molecular weight is 249 g/mol. The third-order valence-electron chi connectivity index (χ3n) is 3.02. The van der Waals surface area contributed by atoms with E-state index in [-0.39, 0.29) is 0 Å². The van der Waals surface area contributed by atoms with Gasteiger partial charge in [-0.2, -0.15) is 5.10 Å². The molecule has 1 unspecified atom stereocenters. The maximum absolute atomic E-state index is 10.2. The molecule has 0 aliphatic rings. The second-order valence-corrected chi connectivity index (χ2v) is 4.37. The van der Waals surface area contributed by atoms with Gasteiger partial charge in [-0.3, -0.25) is 4.68 Å². The van der Waals surface area contributed by atoms with Crippen LogP contribution >= 0.6 is 0 Å². The minimum atomic E-state index is -0.670. The van der Waals surface area contributed by atoms with Gasteiger partial charge in [-0.1, -0.05) is 6.92 Å². The molecule has 1 atom stereocenters. The number of aromatic nitrogens is 4. The van der Waals surface area contributed by atoms with Gasteiger partial charge in [0.15, 0.2) is 0 Å². The molecule has 0 bridgehead atoms. The summed E-state index contributed by atoms with van der Waals surface area (Å²) in [5.41, 5.74) is 6.50. The number of hydrogen-bond donors (Lipinski definition) is 2. The Bertz CT molecular complexity index is 516. The predicted molar refractivity (Wildman–Crippen MR) is 68.8 cm³/mol. The number of rotatable bonds is 5. The molecule has 3 N–H and O–H groups in total. The van der Waals surface area contributed by atoms with Crippen molar-refractivity contribution in [2.45, 2.75) is 32.4 Å². The Morgan fingerprint density at radius 1 is 1.50 bits per heavy atom. The van der Waals surface area contributed by atoms with Crippen LogP contribution in [-0.2, 0) is 20.0 Å². The van der Waals surface area contributed by atoms with Gasteiger partial charge in [0, 0.05) is 38.0 Å². The highest BCUT2D eigenvalue weighted by molar-refractivity contribution is 5.40. The van der Waals surface area contributed by atoms with Gasteiger partial charge in [0.2, 0.25) is 0 Å². The molecular weight excluding hydrogens is 230 g/mol. The minimum Gasteiger partial charge on any atom is -0.388 e. The van der Waals surface area contributed by atoms with Crippen molar-refractivity contribution in [1.82, 2.24) is 19.3 Å². The maximum atomic E-state index is 10.2. The summed E-state index contributed by atoms with van der Waals surface area (Å²) in [6, 6.07) is 0. The fourth-order valence-electron chi connectivity index (χ4n) is 1.98. The van der Waals surface area contributed by atoms with E-state index >= 15 is 0 Å². The number of imidazole rings is 1. The topological polar surface area (TPSA) is 81.9 Å². The van der Waals surface area contributed by atoms with Crippen molar-refractivity contribution in [3.63, 3.8) is 0 Å². The lowest BCUT2D eigenvalue weighted by atomic mass is 10.1. The molecule has 0 spiro atoms. The van der Waals surface area contributed by atoms with Gasteiger partial charge < -0.3 is 15.4 Å². The van der Waals surface area contributed by atoms with Crippen molar-refractivity contribution >= 4 is 5.82 Å². The van der Waals surface area contributed by atoms with Gasteiger partial charge in [0.25, 0.3) is 0 Å². The molecule has 2 aromatic rings. The highest BCUT2D eigenvalue weighted by atomic mass is 16.3. The van der Waals surface area contributed by atoms with Gasteiger partial charge in [-0.05, 0) is 6.42 Å². The zero-order chi connectivity index (χ0) is 13.1. The molecule has 0 radical (unpaired) electrons. The number of nitrogens with zero attached hydrogens (tertiary/aromatic N) is 4. The monoisotopic (exact) mass is 249 g/mol. The summed E-state index contributed by atoms with van der Waals surface area (Å²) < 4.78 is 3.60. The fraction of sp³-hybridized carbons (Fsp3) is 0.500. The molecule has 0 amide bonds. The number of aryl methyl sites for hydroxylation is 2. The third-order valence-corrected chi connectivity index (χ3v) is 3.02. The lowest BCUT2D eigenvalue weighted by Crippen LogP contribution is -2.10. The predicted octanol–water partition coefficient (Wildman–Crippen LogP) is 0.885. The molecule has 2 heterocycles. The third kappa shape index (κ3) is 2.38. The highest BCUT2D eigenvalue weighted by Gasteiger charge is 2.17. The summed E-state index contributed by atoms with van der Waals surface area (Å²) in [7, 11) is 1.75. The molecular formula is C12H19N5O. The first kappa shape index (κ1) is 12.6. The SMILES string of the molecule is CCCn1ccnc1CC(O)c1cnn(C)c1N. The van der Waals surface area contributed by atoms with Crippen LogP contribution in [0, 0.1) is 0 Å². The van der Waals surface area contributed by atoms with Crippen molar-refractivity contribution in [2.24, 2.45) is 7.05 Å². The van der Waals surface area contributed by atoms with Gasteiger partial charge in [0.05, 0.1) is 12.3 Å². The average Bonchev–Trinajstić information content (AvgIpc) is 2.89. The van der Waals surface area contributed by atoms with Crippen molar-refractivity contribution in [3.05, 3.63) is 30.0 Å². The molecule has 0 fully saturated rings. The van der Waals surface area contributed by atoms with Gasteiger partial charge >= 0.3 is 0 Å². The summed E-state index contributed by atoms with van der Waals surface area (Å²) in [6.07, 6.45) is 6.10. The Morgan fingerprint density at radius 2 is 2.28 bits per heavy atom. The van der Waals surface area contributed by atoms with E-state index in [9.17, 15) is 5.11 Å². The molecule has 0 aromatic carbocycles. The Morgan fingerprint density at radius 3 is 2.89 bits per heavy atom. The Hall–Kier alpha value is -1.82. The smallest absolute Gasteiger partial charge is 0.127 e. The number of hydrogen-bond acceptors (Lipinski definition) is 4. The summed E-state index contributed by atoms with van der Waals surface area (Å²) in [4.78, 5) is 4.27. The van der Waals surface area contributed by atoms with Crippen LogP contribution in [0.2, 0.25) is 0 Å². The molecule has 2 aromatic heterocycles. The normalized spacial score (nSPS) is 12.8. The van der Waals surface area contributed by atoms with E-state index in [2.05, 4.69) is 21.6 Å². The maximum Gasteiger partial charge on any atom is 0.127 e. The highest BCUT2D eigenvalue weighted by Crippen LogP contribution is 2.22. The van der Waals surface area contributed by atoms with Crippen LogP contribution in [-0.4, -0.2) is 24.4 Å².